The average Bonchev–Trinajstić information content (AvgIpc) is 3.11. The summed E-state index contributed by atoms with van der Waals surface area (Å²) >= 11 is 0. The summed E-state index contributed by atoms with van der Waals surface area (Å²) in [5.41, 5.74) is 0.966. The molecule has 0 amide bonds. The molecule has 0 aromatic carbocycles. The quantitative estimate of drug-likeness (QED) is 0.697. The van der Waals surface area contributed by atoms with Gasteiger partial charge in [-0.05, 0) is 42.4 Å². The van der Waals surface area contributed by atoms with Crippen molar-refractivity contribution in [2.45, 2.75) is 32.2 Å². The van der Waals surface area contributed by atoms with Gasteiger partial charge in [0.2, 0.25) is 5.71 Å². The van der Waals surface area contributed by atoms with E-state index in [0.717, 1.165) is 11.5 Å². The van der Waals surface area contributed by atoms with Crippen LogP contribution in [0.5, 0.6) is 0 Å². The van der Waals surface area contributed by atoms with E-state index in [-0.39, 0.29) is 11.8 Å². The van der Waals surface area contributed by atoms with Gasteiger partial charge < -0.3 is 9.52 Å². The number of nitrogens with zero attached hydrogens (tertiary/aromatic N) is 2. The first-order valence-electron chi connectivity index (χ1n) is 6.68. The van der Waals surface area contributed by atoms with Crippen molar-refractivity contribution >= 4 is 11.6 Å². The lowest BCUT2D eigenvalue weighted by Crippen LogP contribution is -2.38. The van der Waals surface area contributed by atoms with Gasteiger partial charge >= 0.3 is 0 Å². The Morgan fingerprint density at radius 3 is 3.06 bits per heavy atom. The highest BCUT2D eigenvalue weighted by molar-refractivity contribution is 5.92. The molecule has 2 heterocycles. The Morgan fingerprint density at radius 1 is 1.44 bits per heavy atom. The van der Waals surface area contributed by atoms with Gasteiger partial charge in [-0.2, -0.15) is 0 Å². The van der Waals surface area contributed by atoms with Gasteiger partial charge in [0.15, 0.2) is 11.8 Å². The van der Waals surface area contributed by atoms with Crippen LogP contribution in [0.15, 0.2) is 27.9 Å². The molecule has 3 aliphatic rings. The van der Waals surface area contributed by atoms with Gasteiger partial charge in [0.1, 0.15) is 0 Å². The lowest BCUT2D eigenvalue weighted by molar-refractivity contribution is -0.573. The van der Waals surface area contributed by atoms with Crippen LogP contribution < -0.4 is 5.11 Å². The fourth-order valence-electron chi connectivity index (χ4n) is 4.10. The first-order chi connectivity index (χ1) is 8.75. The molecule has 1 aromatic rings. The molecule has 18 heavy (non-hydrogen) atoms. The molecule has 4 nitrogen and oxygen atoms in total. The number of furan rings is 1. The lowest BCUT2D eigenvalue weighted by atomic mass is 9.85. The van der Waals surface area contributed by atoms with E-state index in [4.69, 9.17) is 4.42 Å². The van der Waals surface area contributed by atoms with Crippen LogP contribution in [0.4, 0.5) is 0 Å². The Kier molecular flexibility index (Phi) is 1.99. The zero-order valence-electron chi connectivity index (χ0n) is 10.4. The summed E-state index contributed by atoms with van der Waals surface area (Å²) in [6.45, 7) is 1.99. The summed E-state index contributed by atoms with van der Waals surface area (Å²) < 4.78 is 7.36. The van der Waals surface area contributed by atoms with Gasteiger partial charge in [-0.25, -0.2) is 0 Å². The predicted molar refractivity (Wildman–Crippen MR) is 64.3 cm³/mol. The van der Waals surface area contributed by atoms with E-state index in [0.29, 0.717) is 17.9 Å². The highest BCUT2D eigenvalue weighted by Crippen LogP contribution is 2.51. The summed E-state index contributed by atoms with van der Waals surface area (Å²) in [6, 6.07) is 4.09. The molecule has 2 aliphatic carbocycles. The zero-order valence-corrected chi connectivity index (χ0v) is 10.4. The molecule has 0 radical (unpaired) electrons. The topological polar surface area (TPSA) is 51.6 Å². The molecule has 0 saturated heterocycles. The normalized spacial score (nSPS) is 39.9. The maximum Gasteiger partial charge on any atom is 0.247 e. The van der Waals surface area contributed by atoms with E-state index in [1.807, 2.05) is 23.7 Å². The molecule has 94 valence electrons. The molecule has 4 rings (SSSR count). The third kappa shape index (κ3) is 1.21. The first-order valence-corrected chi connectivity index (χ1v) is 6.68. The molecular weight excluding hydrogens is 228 g/mol. The molecule has 4 atom stereocenters. The van der Waals surface area contributed by atoms with Crippen LogP contribution >= 0.6 is 0 Å². The number of hydrogen-bond acceptors (Lipinski definition) is 3. The summed E-state index contributed by atoms with van der Waals surface area (Å²) in [5, 5.41) is 16.3. The number of hydrazone groups is 1. The molecule has 1 unspecified atom stereocenters. The van der Waals surface area contributed by atoms with E-state index >= 15 is 0 Å². The van der Waals surface area contributed by atoms with Gasteiger partial charge in [0.05, 0.1) is 12.2 Å². The van der Waals surface area contributed by atoms with E-state index in [9.17, 15) is 5.11 Å². The number of fused-ring (bicyclic) bond motifs is 5. The fraction of sp³-hybridized carbons (Fsp3) is 0.571. The third-order valence-corrected chi connectivity index (χ3v) is 4.87. The van der Waals surface area contributed by atoms with Crippen molar-refractivity contribution in [1.29, 1.82) is 0 Å². The van der Waals surface area contributed by atoms with Crippen molar-refractivity contribution < 1.29 is 14.2 Å². The van der Waals surface area contributed by atoms with Crippen LogP contribution in [0.1, 0.15) is 31.9 Å². The third-order valence-electron chi connectivity index (χ3n) is 4.87. The SMILES string of the molecule is C/C(c1ccco1)=[N+]1/N=C([O-])C2[C@@H]3CC[C@@H](C3)[C@H]21. The van der Waals surface area contributed by atoms with Crippen molar-refractivity contribution in [2.24, 2.45) is 22.9 Å². The van der Waals surface area contributed by atoms with Crippen LogP contribution in [0.2, 0.25) is 0 Å². The second-order valence-corrected chi connectivity index (χ2v) is 5.70. The second-order valence-electron chi connectivity index (χ2n) is 5.70. The molecule has 2 fully saturated rings. The van der Waals surface area contributed by atoms with E-state index in [1.54, 1.807) is 6.26 Å². The van der Waals surface area contributed by atoms with Crippen molar-refractivity contribution in [3.63, 3.8) is 0 Å². The summed E-state index contributed by atoms with van der Waals surface area (Å²) in [7, 11) is 0. The molecule has 2 bridgehead atoms. The van der Waals surface area contributed by atoms with Crippen LogP contribution in [-0.2, 0) is 0 Å². The van der Waals surface area contributed by atoms with Crippen LogP contribution in [0, 0.1) is 17.8 Å². The first kappa shape index (κ1) is 10.4. The maximum atomic E-state index is 12.1. The van der Waals surface area contributed by atoms with Crippen molar-refractivity contribution in [3.8, 4) is 0 Å². The summed E-state index contributed by atoms with van der Waals surface area (Å²) in [5.74, 6) is 2.26. The monoisotopic (exact) mass is 244 g/mol. The maximum absolute atomic E-state index is 12.1. The van der Waals surface area contributed by atoms with Crippen LogP contribution in [-0.4, -0.2) is 22.3 Å². The standard InChI is InChI=1S/C14H16N2O2/c1-8(11-3-2-6-18-11)16-13-10-5-4-9(7-10)12(13)14(17)15-16/h2-3,6,9-10,12-13H,4-5,7H2,1H3/b16-8-/t9-,10+,12?,13-/m1/s1. The Hall–Kier alpha value is -1.58. The van der Waals surface area contributed by atoms with Crippen molar-refractivity contribution in [3.05, 3.63) is 24.2 Å². The Bertz CT molecular complexity index is 544. The molecule has 0 N–H and O–H groups in total. The number of hydrogen-bond donors (Lipinski definition) is 0. The lowest BCUT2D eigenvalue weighted by Gasteiger charge is -2.22. The fourth-order valence-corrected chi connectivity index (χ4v) is 4.10. The Labute approximate surface area is 106 Å². The molecule has 2 saturated carbocycles. The molecule has 4 heteroatoms. The second kappa shape index (κ2) is 3.46. The van der Waals surface area contributed by atoms with Crippen LogP contribution in [0.25, 0.3) is 0 Å². The zero-order chi connectivity index (χ0) is 12.3. The molecule has 1 aliphatic heterocycles. The highest BCUT2D eigenvalue weighted by atomic mass is 16.3. The number of rotatable bonds is 1. The van der Waals surface area contributed by atoms with Crippen LogP contribution in [0.3, 0.4) is 0 Å². The molecular formula is C14H16N2O2. The summed E-state index contributed by atoms with van der Waals surface area (Å²) in [6.07, 6.45) is 5.32. The highest BCUT2D eigenvalue weighted by Gasteiger charge is 2.58. The minimum atomic E-state index is 0.0816. The average molecular weight is 244 g/mol. The van der Waals surface area contributed by atoms with E-state index < -0.39 is 0 Å². The molecule has 1 aromatic heterocycles. The van der Waals surface area contributed by atoms with E-state index in [1.165, 1.54) is 19.3 Å². The smallest absolute Gasteiger partial charge is 0.247 e. The van der Waals surface area contributed by atoms with Gasteiger partial charge in [-0.1, -0.05) is 4.68 Å². The van der Waals surface area contributed by atoms with E-state index in [2.05, 4.69) is 5.10 Å². The Balaban J connectivity index is 1.81. The van der Waals surface area contributed by atoms with Crippen molar-refractivity contribution in [1.82, 2.24) is 0 Å². The van der Waals surface area contributed by atoms with Crippen molar-refractivity contribution in [2.75, 3.05) is 0 Å². The predicted octanol–water partition coefficient (Wildman–Crippen LogP) is 1.20. The largest absolute Gasteiger partial charge is 0.857 e. The van der Waals surface area contributed by atoms with Gasteiger partial charge in [0, 0.05) is 18.7 Å². The Morgan fingerprint density at radius 2 is 2.28 bits per heavy atom. The summed E-state index contributed by atoms with van der Waals surface area (Å²) in [4.78, 5) is 0. The van der Waals surface area contributed by atoms with Gasteiger partial charge in [-0.3, -0.25) is 0 Å². The molecule has 0 spiro atoms. The minimum Gasteiger partial charge on any atom is -0.857 e. The van der Waals surface area contributed by atoms with Gasteiger partial charge in [0.25, 0.3) is 0 Å². The van der Waals surface area contributed by atoms with Gasteiger partial charge in [-0.15, -0.1) is 0 Å². The minimum absolute atomic E-state index is 0.0816.